The van der Waals surface area contributed by atoms with Crippen LogP contribution in [-0.2, 0) is 6.54 Å². The lowest BCUT2D eigenvalue weighted by Crippen LogP contribution is -2.29. The predicted octanol–water partition coefficient (Wildman–Crippen LogP) is 11.2. The van der Waals surface area contributed by atoms with Gasteiger partial charge in [-0.3, -0.25) is 0 Å². The highest BCUT2D eigenvalue weighted by atomic mass is 15.2. The first kappa shape index (κ1) is 27.8. The van der Waals surface area contributed by atoms with Gasteiger partial charge in [0.15, 0.2) is 0 Å². The highest BCUT2D eigenvalue weighted by Crippen LogP contribution is 2.49. The van der Waals surface area contributed by atoms with Gasteiger partial charge >= 0.3 is 0 Å². The molecule has 0 bridgehead atoms. The molecular weight excluding hydrogens is 508 g/mol. The molecule has 6 rings (SSSR count). The first-order valence-electron chi connectivity index (χ1n) is 15.3. The van der Waals surface area contributed by atoms with E-state index in [0.29, 0.717) is 11.8 Å². The van der Waals surface area contributed by atoms with Gasteiger partial charge < -0.3 is 10.2 Å². The number of para-hydroxylation sites is 3. The van der Waals surface area contributed by atoms with Crippen LogP contribution in [0.15, 0.2) is 103 Å². The average Bonchev–Trinajstić information content (AvgIpc) is 2.99. The van der Waals surface area contributed by atoms with Crippen molar-refractivity contribution in [3.63, 3.8) is 0 Å². The van der Waals surface area contributed by atoms with E-state index >= 15 is 0 Å². The predicted molar refractivity (Wildman–Crippen MR) is 182 cm³/mol. The maximum absolute atomic E-state index is 3.83. The summed E-state index contributed by atoms with van der Waals surface area (Å²) < 4.78 is 0. The van der Waals surface area contributed by atoms with E-state index in [1.54, 1.807) is 0 Å². The van der Waals surface area contributed by atoms with E-state index in [9.17, 15) is 0 Å². The number of nitrogens with one attached hydrogen (secondary N) is 1. The van der Waals surface area contributed by atoms with Gasteiger partial charge in [-0.25, -0.2) is 0 Å². The minimum absolute atomic E-state index is 0.0400. The summed E-state index contributed by atoms with van der Waals surface area (Å²) in [4.78, 5) is 2.64. The van der Waals surface area contributed by atoms with E-state index in [0.717, 1.165) is 6.54 Å². The Labute approximate surface area is 251 Å². The molecule has 0 aliphatic carbocycles. The lowest BCUT2D eigenvalue weighted by molar-refractivity contribution is 0.779. The van der Waals surface area contributed by atoms with Gasteiger partial charge in [-0.2, -0.15) is 0 Å². The van der Waals surface area contributed by atoms with E-state index in [1.165, 1.54) is 66.8 Å². The molecule has 0 saturated heterocycles. The zero-order chi connectivity index (χ0) is 29.4. The smallest absolute Gasteiger partial charge is 0.0788 e. The van der Waals surface area contributed by atoms with Gasteiger partial charge in [0.2, 0.25) is 0 Å². The number of aryl methyl sites for hydroxylation is 2. The Morgan fingerprint density at radius 3 is 2.05 bits per heavy atom. The first-order chi connectivity index (χ1) is 20.3. The second kappa shape index (κ2) is 11.5. The molecule has 42 heavy (non-hydrogen) atoms. The summed E-state index contributed by atoms with van der Waals surface area (Å²) in [6, 6.07) is 35.8. The van der Waals surface area contributed by atoms with Crippen LogP contribution in [0.1, 0.15) is 84.5 Å². The quantitative estimate of drug-likeness (QED) is 0.217. The molecule has 1 aliphatic heterocycles. The van der Waals surface area contributed by atoms with Crippen molar-refractivity contribution in [2.24, 2.45) is 0 Å². The van der Waals surface area contributed by atoms with Gasteiger partial charge in [0, 0.05) is 23.6 Å². The largest absolute Gasteiger partial charge is 0.381 e. The molecule has 5 aromatic carbocycles. The minimum atomic E-state index is 0.0400. The second-order valence-electron chi connectivity index (χ2n) is 12.3. The van der Waals surface area contributed by atoms with Crippen LogP contribution in [0.2, 0.25) is 0 Å². The molecule has 0 saturated carbocycles. The molecule has 2 heteroatoms. The van der Waals surface area contributed by atoms with Crippen molar-refractivity contribution in [1.29, 1.82) is 0 Å². The molecule has 0 fully saturated rings. The fraction of sp³-hybridized carbons (Fsp3) is 0.250. The van der Waals surface area contributed by atoms with Crippen LogP contribution in [0, 0.1) is 13.8 Å². The Bertz CT molecular complexity index is 1730. The van der Waals surface area contributed by atoms with E-state index in [1.807, 2.05) is 0 Å². The fourth-order valence-corrected chi connectivity index (χ4v) is 6.67. The summed E-state index contributed by atoms with van der Waals surface area (Å²) in [5.41, 5.74) is 13.1. The van der Waals surface area contributed by atoms with Crippen LogP contribution in [0.3, 0.4) is 0 Å². The highest BCUT2D eigenvalue weighted by Gasteiger charge is 2.32. The van der Waals surface area contributed by atoms with Crippen molar-refractivity contribution in [2.45, 2.75) is 66.0 Å². The topological polar surface area (TPSA) is 15.3 Å². The third-order valence-corrected chi connectivity index (χ3v) is 8.81. The first-order valence-corrected chi connectivity index (χ1v) is 15.3. The number of anilines is 3. The average molecular weight is 551 g/mol. The van der Waals surface area contributed by atoms with Crippen molar-refractivity contribution >= 4 is 33.9 Å². The van der Waals surface area contributed by atoms with Gasteiger partial charge in [-0.1, -0.05) is 131 Å². The third-order valence-electron chi connectivity index (χ3n) is 8.81. The zero-order valence-electron chi connectivity index (χ0n) is 25.8. The molecule has 1 N–H and O–H groups in total. The Balaban J connectivity index is 1.60. The Morgan fingerprint density at radius 1 is 0.690 bits per heavy atom. The Morgan fingerprint density at radius 2 is 1.33 bits per heavy atom. The van der Waals surface area contributed by atoms with Crippen LogP contribution >= 0.6 is 0 Å². The number of hydrogen-bond acceptors (Lipinski definition) is 2. The zero-order valence-corrected chi connectivity index (χ0v) is 25.8. The number of nitrogens with zero attached hydrogens (tertiary/aromatic N) is 1. The summed E-state index contributed by atoms with van der Waals surface area (Å²) >= 11 is 0. The van der Waals surface area contributed by atoms with Crippen molar-refractivity contribution in [3.05, 3.63) is 142 Å². The summed E-state index contributed by atoms with van der Waals surface area (Å²) in [5, 5.41) is 6.42. The normalized spacial score (nSPS) is 14.6. The van der Waals surface area contributed by atoms with Crippen LogP contribution in [0.4, 0.5) is 17.1 Å². The maximum Gasteiger partial charge on any atom is 0.0788 e. The van der Waals surface area contributed by atoms with Gasteiger partial charge in [0.25, 0.3) is 0 Å². The van der Waals surface area contributed by atoms with E-state index in [-0.39, 0.29) is 6.04 Å². The van der Waals surface area contributed by atoms with Gasteiger partial charge in [-0.15, -0.1) is 0 Å². The van der Waals surface area contributed by atoms with E-state index in [4.69, 9.17) is 0 Å². The fourth-order valence-electron chi connectivity index (χ4n) is 6.67. The van der Waals surface area contributed by atoms with Crippen LogP contribution in [0.25, 0.3) is 16.8 Å². The van der Waals surface area contributed by atoms with Crippen molar-refractivity contribution in [1.82, 2.24) is 0 Å². The lowest BCUT2D eigenvalue weighted by Gasteiger charge is -2.41. The Hall–Kier alpha value is -4.30. The minimum Gasteiger partial charge on any atom is -0.381 e. The molecule has 0 aromatic heterocycles. The molecule has 212 valence electrons. The lowest BCUT2D eigenvalue weighted by atomic mass is 9.86. The molecule has 5 aromatic rings. The number of rotatable bonds is 7. The van der Waals surface area contributed by atoms with Crippen LogP contribution < -0.4 is 10.2 Å². The Kier molecular flexibility index (Phi) is 7.64. The van der Waals surface area contributed by atoms with Crippen molar-refractivity contribution < 1.29 is 0 Å². The monoisotopic (exact) mass is 550 g/mol. The van der Waals surface area contributed by atoms with Crippen molar-refractivity contribution in [3.8, 4) is 0 Å². The molecule has 2 nitrogen and oxygen atoms in total. The molecule has 1 unspecified atom stereocenters. The molecule has 0 spiro atoms. The molecule has 0 amide bonds. The van der Waals surface area contributed by atoms with Gasteiger partial charge in [0.1, 0.15) is 0 Å². The maximum atomic E-state index is 3.83. The highest BCUT2D eigenvalue weighted by molar-refractivity contribution is 5.91. The molecule has 1 heterocycles. The van der Waals surface area contributed by atoms with E-state index in [2.05, 4.69) is 161 Å². The molecule has 1 atom stereocenters. The van der Waals surface area contributed by atoms with Crippen molar-refractivity contribution in [2.75, 3.05) is 10.2 Å². The summed E-state index contributed by atoms with van der Waals surface area (Å²) in [7, 11) is 0. The number of hydrogen-bond donors (Lipinski definition) is 1. The SMILES string of the molecule is Cc1cccc(C)c1NCc1ccc2ccccc2c1C1C=Cc2ccccc2N1c1c(C(C)C)cccc1C(C)C. The van der Waals surface area contributed by atoms with Crippen LogP contribution in [0.5, 0.6) is 0 Å². The molecule has 0 radical (unpaired) electrons. The number of benzene rings is 5. The molecular formula is C40H42N2. The van der Waals surface area contributed by atoms with Gasteiger partial charge in [0.05, 0.1) is 6.04 Å². The third kappa shape index (κ3) is 5.00. The summed E-state index contributed by atoms with van der Waals surface area (Å²) in [6.45, 7) is 14.4. The number of fused-ring (bicyclic) bond motifs is 2. The summed E-state index contributed by atoms with van der Waals surface area (Å²) in [6.07, 6.45) is 4.75. The van der Waals surface area contributed by atoms with E-state index < -0.39 is 0 Å². The van der Waals surface area contributed by atoms with Crippen LogP contribution in [-0.4, -0.2) is 0 Å². The standard InChI is InChI=1S/C40H42N2/c1-26(2)33-18-12-19-34(27(3)4)40(33)42-36-20-10-8-16-31(36)23-24-37(42)38-32(22-21-30-15-7-9-17-35(30)38)25-41-39-28(5)13-11-14-29(39)6/h7-24,26-27,37,41H,25H2,1-6H3. The second-order valence-corrected chi connectivity index (χ2v) is 12.3. The summed E-state index contributed by atoms with van der Waals surface area (Å²) in [5.74, 6) is 0.796. The van der Waals surface area contributed by atoms with Gasteiger partial charge in [-0.05, 0) is 81.5 Å². The molecule has 1 aliphatic rings.